The summed E-state index contributed by atoms with van der Waals surface area (Å²) >= 11 is 0. The first-order valence-corrected chi connectivity index (χ1v) is 6.86. The summed E-state index contributed by atoms with van der Waals surface area (Å²) in [5.74, 6) is 0.236. The number of aliphatic hydroxyl groups is 2. The van der Waals surface area contributed by atoms with Crippen LogP contribution in [0, 0.1) is 5.92 Å². The lowest BCUT2D eigenvalue weighted by atomic mass is 9.79. The first kappa shape index (κ1) is 17.4. The van der Waals surface area contributed by atoms with E-state index in [1.165, 1.54) is 7.11 Å². The number of hydrogen-bond donors (Lipinski definition) is 2. The smallest absolute Gasteiger partial charge is 0.215 e. The number of aliphatic imine (C=N–C) groups is 1. The Balaban J connectivity index is 4.72. The van der Waals surface area contributed by atoms with Crippen LogP contribution in [0.15, 0.2) is 4.99 Å². The number of aliphatic hydroxyl groups excluding tert-OH is 1. The van der Waals surface area contributed by atoms with Crippen LogP contribution in [0.4, 0.5) is 0 Å². The minimum atomic E-state index is -1.20. The van der Waals surface area contributed by atoms with Crippen molar-refractivity contribution in [3.05, 3.63) is 0 Å². The van der Waals surface area contributed by atoms with Crippen LogP contribution < -0.4 is 0 Å². The zero-order valence-corrected chi connectivity index (χ0v) is 12.4. The monoisotopic (exact) mass is 259 g/mol. The Labute approximate surface area is 111 Å². The quantitative estimate of drug-likeness (QED) is 0.400. The highest BCUT2D eigenvalue weighted by Gasteiger charge is 2.40. The number of unbranched alkanes of at least 4 members (excludes halogenated alkanes) is 2. The molecule has 0 aromatic rings. The highest BCUT2D eigenvalue weighted by molar-refractivity contribution is 5.81. The van der Waals surface area contributed by atoms with Crippen molar-refractivity contribution >= 4 is 5.90 Å². The number of nitrogens with zero attached hydrogens (tertiary/aromatic N) is 1. The third-order valence-corrected chi connectivity index (χ3v) is 3.69. The van der Waals surface area contributed by atoms with Gasteiger partial charge in [-0.15, -0.1) is 0 Å². The van der Waals surface area contributed by atoms with Crippen molar-refractivity contribution in [2.24, 2.45) is 10.9 Å². The van der Waals surface area contributed by atoms with Gasteiger partial charge in [0.2, 0.25) is 5.90 Å². The molecule has 0 radical (unpaired) electrons. The molecule has 3 unspecified atom stereocenters. The molecule has 0 aliphatic heterocycles. The molecule has 0 aliphatic carbocycles. The third-order valence-electron chi connectivity index (χ3n) is 3.69. The van der Waals surface area contributed by atoms with Crippen LogP contribution in [0.1, 0.15) is 52.9 Å². The Kier molecular flexibility index (Phi) is 8.20. The number of rotatable bonds is 8. The van der Waals surface area contributed by atoms with Gasteiger partial charge in [0.15, 0.2) is 6.10 Å². The Bertz CT molecular complexity index is 251. The summed E-state index contributed by atoms with van der Waals surface area (Å²) < 4.78 is 5.01. The Morgan fingerprint density at radius 1 is 1.33 bits per heavy atom. The molecule has 0 saturated carbocycles. The Morgan fingerprint density at radius 3 is 2.33 bits per heavy atom. The van der Waals surface area contributed by atoms with Crippen molar-refractivity contribution in [3.8, 4) is 0 Å². The molecule has 0 rings (SSSR count). The zero-order valence-electron chi connectivity index (χ0n) is 12.4. The summed E-state index contributed by atoms with van der Waals surface area (Å²) in [6.45, 7) is 5.86. The fourth-order valence-electron chi connectivity index (χ4n) is 2.35. The van der Waals surface area contributed by atoms with Crippen LogP contribution in [0.5, 0.6) is 0 Å². The minimum absolute atomic E-state index is 0.0472. The van der Waals surface area contributed by atoms with E-state index in [0.29, 0.717) is 0 Å². The number of methoxy groups -OCH3 is 1. The lowest BCUT2D eigenvalue weighted by Gasteiger charge is -2.36. The van der Waals surface area contributed by atoms with Gasteiger partial charge in [0, 0.05) is 7.05 Å². The van der Waals surface area contributed by atoms with E-state index < -0.39 is 11.7 Å². The molecule has 4 nitrogen and oxygen atoms in total. The maximum Gasteiger partial charge on any atom is 0.215 e. The second-order valence-corrected chi connectivity index (χ2v) is 5.00. The van der Waals surface area contributed by atoms with Crippen LogP contribution in [-0.4, -0.2) is 42.0 Å². The molecule has 0 aromatic carbocycles. The second-order valence-electron chi connectivity index (χ2n) is 5.00. The van der Waals surface area contributed by atoms with Crippen molar-refractivity contribution in [2.75, 3.05) is 14.2 Å². The number of ether oxygens (including phenoxy) is 1. The molecule has 4 heteroatoms. The molecular weight excluding hydrogens is 230 g/mol. The fourth-order valence-corrected chi connectivity index (χ4v) is 2.35. The van der Waals surface area contributed by atoms with Crippen LogP contribution in [-0.2, 0) is 4.74 Å². The summed E-state index contributed by atoms with van der Waals surface area (Å²) in [6.07, 6.45) is 4.05. The van der Waals surface area contributed by atoms with Crippen molar-refractivity contribution in [1.29, 1.82) is 0 Å². The molecule has 0 heterocycles. The first-order chi connectivity index (χ1) is 8.45. The predicted molar refractivity (Wildman–Crippen MR) is 74.9 cm³/mol. The van der Waals surface area contributed by atoms with Crippen LogP contribution in [0.25, 0.3) is 0 Å². The van der Waals surface area contributed by atoms with Crippen LogP contribution in [0.2, 0.25) is 0 Å². The maximum absolute atomic E-state index is 10.6. The average molecular weight is 259 g/mol. The van der Waals surface area contributed by atoms with Crippen molar-refractivity contribution < 1.29 is 14.9 Å². The molecule has 0 fully saturated rings. The molecule has 0 bridgehead atoms. The molecule has 3 atom stereocenters. The van der Waals surface area contributed by atoms with Gasteiger partial charge in [-0.2, -0.15) is 0 Å². The van der Waals surface area contributed by atoms with Gasteiger partial charge in [0.25, 0.3) is 0 Å². The van der Waals surface area contributed by atoms with Crippen molar-refractivity contribution in [1.82, 2.24) is 0 Å². The molecule has 0 spiro atoms. The minimum Gasteiger partial charge on any atom is -0.482 e. The van der Waals surface area contributed by atoms with Gasteiger partial charge in [0.05, 0.1) is 12.7 Å². The van der Waals surface area contributed by atoms with E-state index in [2.05, 4.69) is 11.9 Å². The zero-order chi connectivity index (χ0) is 14.2. The van der Waals surface area contributed by atoms with Gasteiger partial charge >= 0.3 is 0 Å². The molecule has 0 amide bonds. The maximum atomic E-state index is 10.6. The van der Waals surface area contributed by atoms with Gasteiger partial charge in [-0.25, -0.2) is 0 Å². The average Bonchev–Trinajstić information content (AvgIpc) is 2.35. The van der Waals surface area contributed by atoms with E-state index in [-0.39, 0.29) is 11.8 Å². The SMILES string of the molecule is CCCCCC(CC)C(C)(O)C(O)/C(=N/C)OC. The standard InChI is InChI=1S/C14H29NO3/c1-6-8-9-10-11(7-2)14(3,17)12(16)13(15-4)18-5/h11-12,16-17H,6-10H2,1-5H3/b15-13-. The summed E-state index contributed by atoms with van der Waals surface area (Å²) in [5, 5.41) is 20.8. The molecule has 0 saturated heterocycles. The summed E-state index contributed by atoms with van der Waals surface area (Å²) in [6, 6.07) is 0. The summed E-state index contributed by atoms with van der Waals surface area (Å²) in [4.78, 5) is 3.87. The normalized spacial score (nSPS) is 19.2. The lowest BCUT2D eigenvalue weighted by molar-refractivity contribution is -0.0823. The van der Waals surface area contributed by atoms with Gasteiger partial charge in [-0.1, -0.05) is 39.5 Å². The lowest BCUT2D eigenvalue weighted by Crippen LogP contribution is -2.50. The summed E-state index contributed by atoms with van der Waals surface area (Å²) in [5.41, 5.74) is -1.20. The van der Waals surface area contributed by atoms with Crippen molar-refractivity contribution in [2.45, 2.75) is 64.6 Å². The molecular formula is C14H29NO3. The topological polar surface area (TPSA) is 62.0 Å². The second kappa shape index (κ2) is 8.48. The number of hydrogen-bond acceptors (Lipinski definition) is 4. The Morgan fingerprint density at radius 2 is 1.94 bits per heavy atom. The molecule has 0 aliphatic rings. The van der Waals surface area contributed by atoms with E-state index in [1.54, 1.807) is 14.0 Å². The van der Waals surface area contributed by atoms with Gasteiger partial charge in [-0.05, 0) is 19.3 Å². The predicted octanol–water partition coefficient (Wildman–Crippen LogP) is 2.38. The molecule has 0 aromatic heterocycles. The van der Waals surface area contributed by atoms with Crippen LogP contribution in [0.3, 0.4) is 0 Å². The van der Waals surface area contributed by atoms with E-state index in [1.807, 2.05) is 6.92 Å². The first-order valence-electron chi connectivity index (χ1n) is 6.86. The van der Waals surface area contributed by atoms with Crippen molar-refractivity contribution in [3.63, 3.8) is 0 Å². The van der Waals surface area contributed by atoms with Gasteiger partial charge in [0.1, 0.15) is 0 Å². The van der Waals surface area contributed by atoms with E-state index >= 15 is 0 Å². The third kappa shape index (κ3) is 4.58. The highest BCUT2D eigenvalue weighted by Crippen LogP contribution is 2.30. The summed E-state index contributed by atoms with van der Waals surface area (Å²) in [7, 11) is 3.01. The fraction of sp³-hybridized carbons (Fsp3) is 0.929. The highest BCUT2D eigenvalue weighted by atomic mass is 16.5. The van der Waals surface area contributed by atoms with E-state index in [0.717, 1.165) is 32.1 Å². The van der Waals surface area contributed by atoms with Gasteiger partial charge < -0.3 is 14.9 Å². The van der Waals surface area contributed by atoms with Gasteiger partial charge in [-0.3, -0.25) is 4.99 Å². The molecule has 18 heavy (non-hydrogen) atoms. The van der Waals surface area contributed by atoms with Crippen LogP contribution >= 0.6 is 0 Å². The van der Waals surface area contributed by atoms with E-state index in [4.69, 9.17) is 4.74 Å². The van der Waals surface area contributed by atoms with E-state index in [9.17, 15) is 10.2 Å². The molecule has 2 N–H and O–H groups in total. The Hall–Kier alpha value is -0.610. The molecule has 108 valence electrons. The largest absolute Gasteiger partial charge is 0.482 e.